The Bertz CT molecular complexity index is 463. The molecular formula is C12H16N2O4. The van der Waals surface area contributed by atoms with Crippen LogP contribution < -0.4 is 10.5 Å². The first-order valence-corrected chi connectivity index (χ1v) is 5.73. The van der Waals surface area contributed by atoms with Gasteiger partial charge < -0.3 is 15.2 Å². The zero-order valence-corrected chi connectivity index (χ0v) is 10.3. The summed E-state index contributed by atoms with van der Waals surface area (Å²) in [7, 11) is 1.56. The number of nitrogens with zero attached hydrogens (tertiary/aromatic N) is 1. The van der Waals surface area contributed by atoms with Gasteiger partial charge in [-0.2, -0.15) is 0 Å². The first-order chi connectivity index (χ1) is 8.52. The zero-order chi connectivity index (χ0) is 13.3. The highest BCUT2D eigenvalue weighted by molar-refractivity contribution is 5.48. The van der Waals surface area contributed by atoms with Crippen molar-refractivity contribution in [2.75, 3.05) is 7.11 Å². The molecule has 1 aromatic carbocycles. The van der Waals surface area contributed by atoms with Gasteiger partial charge in [-0.1, -0.05) is 6.07 Å². The van der Waals surface area contributed by atoms with Crippen LogP contribution in [0.25, 0.3) is 0 Å². The molecule has 3 atom stereocenters. The standard InChI is InChI=1S/C12H16N2O4/c1-7-3-4-10(9(5-7)14(15)16)18-11-6-8(13)12(11)17-2/h3-5,8,11-12H,6,13H2,1-2H3. The van der Waals surface area contributed by atoms with Crippen LogP contribution in [0.3, 0.4) is 0 Å². The zero-order valence-electron chi connectivity index (χ0n) is 10.3. The Kier molecular flexibility index (Phi) is 3.49. The normalized spacial score (nSPS) is 26.5. The number of ether oxygens (including phenoxy) is 2. The maximum Gasteiger partial charge on any atom is 0.311 e. The molecule has 1 fully saturated rings. The third-order valence-electron chi connectivity index (χ3n) is 3.15. The second kappa shape index (κ2) is 4.91. The molecule has 0 saturated heterocycles. The predicted molar refractivity (Wildman–Crippen MR) is 65.6 cm³/mol. The fraction of sp³-hybridized carbons (Fsp3) is 0.500. The minimum absolute atomic E-state index is 0.0228. The Morgan fingerprint density at radius 3 is 2.78 bits per heavy atom. The molecule has 0 aliphatic heterocycles. The number of nitro benzene ring substituents is 1. The highest BCUT2D eigenvalue weighted by atomic mass is 16.6. The van der Waals surface area contributed by atoms with Gasteiger partial charge in [0.25, 0.3) is 0 Å². The molecule has 6 heteroatoms. The van der Waals surface area contributed by atoms with E-state index >= 15 is 0 Å². The highest BCUT2D eigenvalue weighted by Gasteiger charge is 2.41. The Morgan fingerprint density at radius 2 is 2.22 bits per heavy atom. The lowest BCUT2D eigenvalue weighted by Gasteiger charge is -2.40. The van der Waals surface area contributed by atoms with Crippen molar-refractivity contribution in [3.05, 3.63) is 33.9 Å². The molecule has 0 amide bonds. The van der Waals surface area contributed by atoms with Crippen LogP contribution in [0.5, 0.6) is 5.75 Å². The average molecular weight is 252 g/mol. The maximum absolute atomic E-state index is 10.9. The summed E-state index contributed by atoms with van der Waals surface area (Å²) >= 11 is 0. The molecule has 18 heavy (non-hydrogen) atoms. The van der Waals surface area contributed by atoms with E-state index in [1.807, 2.05) is 0 Å². The summed E-state index contributed by atoms with van der Waals surface area (Å²) in [4.78, 5) is 10.5. The Hall–Kier alpha value is -1.66. The van der Waals surface area contributed by atoms with E-state index in [0.29, 0.717) is 6.42 Å². The molecule has 1 saturated carbocycles. The summed E-state index contributed by atoms with van der Waals surface area (Å²) in [5, 5.41) is 10.9. The van der Waals surface area contributed by atoms with Crippen molar-refractivity contribution in [3.8, 4) is 5.75 Å². The molecule has 1 aromatic rings. The van der Waals surface area contributed by atoms with Crippen LogP contribution in [0.15, 0.2) is 18.2 Å². The molecule has 1 aliphatic rings. The van der Waals surface area contributed by atoms with Crippen LogP contribution in [0.4, 0.5) is 5.69 Å². The molecule has 98 valence electrons. The van der Waals surface area contributed by atoms with E-state index in [2.05, 4.69) is 0 Å². The third kappa shape index (κ3) is 2.30. The summed E-state index contributed by atoms with van der Waals surface area (Å²) in [6.07, 6.45) is 0.223. The number of benzene rings is 1. The molecule has 0 bridgehead atoms. The van der Waals surface area contributed by atoms with Crippen LogP contribution in [0, 0.1) is 17.0 Å². The molecule has 1 aliphatic carbocycles. The van der Waals surface area contributed by atoms with E-state index in [4.69, 9.17) is 15.2 Å². The molecule has 0 radical (unpaired) electrons. The molecular weight excluding hydrogens is 236 g/mol. The number of nitrogens with two attached hydrogens (primary N) is 1. The third-order valence-corrected chi connectivity index (χ3v) is 3.15. The van der Waals surface area contributed by atoms with Crippen molar-refractivity contribution >= 4 is 5.69 Å². The summed E-state index contributed by atoms with van der Waals surface area (Å²) in [6, 6.07) is 4.83. The first-order valence-electron chi connectivity index (χ1n) is 5.73. The molecule has 2 rings (SSSR count). The minimum atomic E-state index is -0.442. The number of hydrogen-bond acceptors (Lipinski definition) is 5. The van der Waals surface area contributed by atoms with Crippen molar-refractivity contribution in [1.29, 1.82) is 0 Å². The summed E-state index contributed by atoms with van der Waals surface area (Å²) < 4.78 is 10.8. The number of methoxy groups -OCH3 is 1. The van der Waals surface area contributed by atoms with Gasteiger partial charge in [-0.05, 0) is 18.6 Å². The Balaban J connectivity index is 2.17. The van der Waals surface area contributed by atoms with E-state index in [0.717, 1.165) is 5.56 Å². The van der Waals surface area contributed by atoms with Crippen LogP contribution in [-0.4, -0.2) is 30.3 Å². The van der Waals surface area contributed by atoms with Gasteiger partial charge in [-0.25, -0.2) is 0 Å². The van der Waals surface area contributed by atoms with Crippen LogP contribution >= 0.6 is 0 Å². The number of aryl methyl sites for hydroxylation is 1. The predicted octanol–water partition coefficient (Wildman–Crippen LogP) is 1.40. The lowest BCUT2D eigenvalue weighted by Crippen LogP contribution is -2.59. The van der Waals surface area contributed by atoms with Gasteiger partial charge in [-0.15, -0.1) is 0 Å². The van der Waals surface area contributed by atoms with Gasteiger partial charge in [0.15, 0.2) is 5.75 Å². The Labute approximate surface area is 105 Å². The van der Waals surface area contributed by atoms with E-state index in [9.17, 15) is 10.1 Å². The van der Waals surface area contributed by atoms with Crippen molar-refractivity contribution in [2.24, 2.45) is 5.73 Å². The van der Waals surface area contributed by atoms with Gasteiger partial charge in [0.1, 0.15) is 12.2 Å². The lowest BCUT2D eigenvalue weighted by molar-refractivity contribution is -0.386. The second-order valence-corrected chi connectivity index (χ2v) is 4.48. The molecule has 6 nitrogen and oxygen atoms in total. The lowest BCUT2D eigenvalue weighted by atomic mass is 9.86. The highest BCUT2D eigenvalue weighted by Crippen LogP contribution is 2.33. The van der Waals surface area contributed by atoms with Crippen LogP contribution in [-0.2, 0) is 4.74 Å². The van der Waals surface area contributed by atoms with Crippen molar-refractivity contribution in [3.63, 3.8) is 0 Å². The second-order valence-electron chi connectivity index (χ2n) is 4.48. The van der Waals surface area contributed by atoms with Gasteiger partial charge in [0.05, 0.1) is 4.92 Å². The SMILES string of the molecule is COC1C(N)CC1Oc1ccc(C)cc1[N+](=O)[O-]. The largest absolute Gasteiger partial charge is 0.481 e. The van der Waals surface area contributed by atoms with Crippen molar-refractivity contribution < 1.29 is 14.4 Å². The van der Waals surface area contributed by atoms with Gasteiger partial charge >= 0.3 is 5.69 Å². The monoisotopic (exact) mass is 252 g/mol. The first kappa shape index (κ1) is 12.8. The van der Waals surface area contributed by atoms with Crippen LogP contribution in [0.1, 0.15) is 12.0 Å². The molecule has 2 N–H and O–H groups in total. The molecule has 3 unspecified atom stereocenters. The molecule has 0 aromatic heterocycles. The van der Waals surface area contributed by atoms with Gasteiger partial charge in [0, 0.05) is 25.6 Å². The van der Waals surface area contributed by atoms with Crippen LogP contribution in [0.2, 0.25) is 0 Å². The van der Waals surface area contributed by atoms with Crippen molar-refractivity contribution in [2.45, 2.75) is 31.6 Å². The topological polar surface area (TPSA) is 87.6 Å². The summed E-state index contributed by atoms with van der Waals surface area (Å²) in [5.74, 6) is 0.268. The molecule has 0 spiro atoms. The molecule has 0 heterocycles. The van der Waals surface area contributed by atoms with E-state index in [-0.39, 0.29) is 29.7 Å². The fourth-order valence-corrected chi connectivity index (χ4v) is 2.09. The quantitative estimate of drug-likeness (QED) is 0.646. The average Bonchev–Trinajstić information content (AvgIpc) is 2.30. The van der Waals surface area contributed by atoms with Crippen molar-refractivity contribution in [1.82, 2.24) is 0 Å². The minimum Gasteiger partial charge on any atom is -0.481 e. The smallest absolute Gasteiger partial charge is 0.311 e. The summed E-state index contributed by atoms with van der Waals surface area (Å²) in [5.41, 5.74) is 6.56. The van der Waals surface area contributed by atoms with Gasteiger partial charge in [0.2, 0.25) is 0 Å². The summed E-state index contributed by atoms with van der Waals surface area (Å²) in [6.45, 7) is 1.80. The number of nitro groups is 1. The Morgan fingerprint density at radius 1 is 1.50 bits per heavy atom. The number of rotatable bonds is 4. The van der Waals surface area contributed by atoms with E-state index < -0.39 is 4.92 Å². The van der Waals surface area contributed by atoms with E-state index in [1.165, 1.54) is 6.07 Å². The maximum atomic E-state index is 10.9. The van der Waals surface area contributed by atoms with E-state index in [1.54, 1.807) is 26.2 Å². The fourth-order valence-electron chi connectivity index (χ4n) is 2.09. The van der Waals surface area contributed by atoms with Gasteiger partial charge in [-0.3, -0.25) is 10.1 Å². The number of hydrogen-bond donors (Lipinski definition) is 1.